The van der Waals surface area contributed by atoms with Crippen LogP contribution in [0.4, 0.5) is 15.3 Å². The number of nitrogens with one attached hydrogen (secondary N) is 1. The molecule has 2 aromatic carbocycles. The number of nitrogens with zero attached hydrogens (tertiary/aromatic N) is 2. The highest BCUT2D eigenvalue weighted by atomic mass is 35.5. The lowest BCUT2D eigenvalue weighted by Gasteiger charge is -2.40. The standard InChI is InChI=1S/C26H30ClN3O3/c1-18-6-8-20(9-7-18)26(2)12-16-29(17-13-26)24(31)28-23-21(4-3-5-22(23)27)19-10-14-30(15-11-19)25(32)33/h3-10H,11-17H2,1-2H3,(H,28,31)(H,32,33). The molecule has 4 rings (SSSR count). The summed E-state index contributed by atoms with van der Waals surface area (Å²) in [4.78, 5) is 27.6. The number of para-hydroxylation sites is 1. The third-order valence-corrected chi connectivity index (χ3v) is 7.29. The second-order valence-corrected chi connectivity index (χ2v) is 9.62. The highest BCUT2D eigenvalue weighted by Crippen LogP contribution is 2.37. The van der Waals surface area contributed by atoms with Crippen LogP contribution in [-0.2, 0) is 5.41 Å². The van der Waals surface area contributed by atoms with Crippen molar-refractivity contribution in [3.63, 3.8) is 0 Å². The first-order chi connectivity index (χ1) is 15.8. The zero-order chi connectivity index (χ0) is 23.6. The molecule has 33 heavy (non-hydrogen) atoms. The van der Waals surface area contributed by atoms with Gasteiger partial charge in [-0.2, -0.15) is 0 Å². The average Bonchev–Trinajstić information content (AvgIpc) is 2.81. The molecule has 2 aliphatic rings. The Morgan fingerprint density at radius 2 is 1.73 bits per heavy atom. The minimum atomic E-state index is -0.923. The number of carbonyl (C=O) groups excluding carboxylic acids is 1. The molecule has 0 unspecified atom stereocenters. The summed E-state index contributed by atoms with van der Waals surface area (Å²) in [5, 5.41) is 12.7. The Kier molecular flexibility index (Phi) is 6.66. The Morgan fingerprint density at radius 1 is 1.03 bits per heavy atom. The molecule has 3 amide bonds. The number of urea groups is 1. The van der Waals surface area contributed by atoms with E-state index in [1.54, 1.807) is 6.07 Å². The van der Waals surface area contributed by atoms with E-state index in [0.29, 0.717) is 43.3 Å². The molecule has 2 N–H and O–H groups in total. The maximum Gasteiger partial charge on any atom is 0.407 e. The van der Waals surface area contributed by atoms with Gasteiger partial charge in [0.25, 0.3) is 0 Å². The van der Waals surface area contributed by atoms with Crippen molar-refractivity contribution >= 4 is 35.0 Å². The van der Waals surface area contributed by atoms with E-state index in [0.717, 1.165) is 24.0 Å². The molecular formula is C26H30ClN3O3. The molecule has 0 atom stereocenters. The first kappa shape index (κ1) is 23.2. The van der Waals surface area contributed by atoms with Crippen LogP contribution in [0.5, 0.6) is 0 Å². The van der Waals surface area contributed by atoms with Gasteiger partial charge in [0.05, 0.1) is 10.7 Å². The lowest BCUT2D eigenvalue weighted by atomic mass is 9.74. The summed E-state index contributed by atoms with van der Waals surface area (Å²) in [7, 11) is 0. The van der Waals surface area contributed by atoms with Crippen LogP contribution in [0, 0.1) is 6.92 Å². The van der Waals surface area contributed by atoms with Gasteiger partial charge in [-0.05, 0) is 48.8 Å². The van der Waals surface area contributed by atoms with Gasteiger partial charge in [-0.25, -0.2) is 9.59 Å². The van der Waals surface area contributed by atoms with Gasteiger partial charge in [0.15, 0.2) is 0 Å². The Balaban J connectivity index is 1.45. The number of amides is 3. The number of halogens is 1. The van der Waals surface area contributed by atoms with Gasteiger partial charge in [-0.15, -0.1) is 0 Å². The lowest BCUT2D eigenvalue weighted by Crippen LogP contribution is -2.45. The first-order valence-electron chi connectivity index (χ1n) is 11.4. The van der Waals surface area contributed by atoms with Gasteiger partial charge < -0.3 is 20.2 Å². The number of carboxylic acid groups (broad SMARTS) is 1. The minimum absolute atomic E-state index is 0.0585. The summed E-state index contributed by atoms with van der Waals surface area (Å²) in [5.74, 6) is 0. The van der Waals surface area contributed by atoms with Crippen LogP contribution in [0.1, 0.15) is 42.9 Å². The van der Waals surface area contributed by atoms with Gasteiger partial charge in [-0.1, -0.05) is 66.6 Å². The molecule has 0 radical (unpaired) electrons. The monoisotopic (exact) mass is 467 g/mol. The van der Waals surface area contributed by atoms with Gasteiger partial charge in [0, 0.05) is 31.7 Å². The summed E-state index contributed by atoms with van der Waals surface area (Å²) in [5.41, 5.74) is 5.06. The Hall–Kier alpha value is -2.99. The number of rotatable bonds is 3. The number of aryl methyl sites for hydroxylation is 1. The predicted octanol–water partition coefficient (Wildman–Crippen LogP) is 6.00. The van der Waals surface area contributed by atoms with Crippen molar-refractivity contribution in [2.45, 2.75) is 38.5 Å². The molecule has 0 saturated carbocycles. The highest BCUT2D eigenvalue weighted by molar-refractivity contribution is 6.34. The molecule has 1 saturated heterocycles. The van der Waals surface area contributed by atoms with E-state index in [4.69, 9.17) is 11.6 Å². The summed E-state index contributed by atoms with van der Waals surface area (Å²) in [6, 6.07) is 14.1. The first-order valence-corrected chi connectivity index (χ1v) is 11.7. The highest BCUT2D eigenvalue weighted by Gasteiger charge is 2.33. The molecule has 0 bridgehead atoms. The molecule has 0 spiro atoms. The summed E-state index contributed by atoms with van der Waals surface area (Å²) in [6.45, 7) is 6.46. The molecular weight excluding hydrogens is 438 g/mol. The number of hydrogen-bond donors (Lipinski definition) is 2. The zero-order valence-corrected chi connectivity index (χ0v) is 19.9. The van der Waals surface area contributed by atoms with E-state index < -0.39 is 6.09 Å². The minimum Gasteiger partial charge on any atom is -0.465 e. The number of carbonyl (C=O) groups is 2. The normalized spacial score (nSPS) is 18.0. The van der Waals surface area contributed by atoms with E-state index >= 15 is 0 Å². The van der Waals surface area contributed by atoms with E-state index in [9.17, 15) is 14.7 Å². The van der Waals surface area contributed by atoms with Crippen molar-refractivity contribution in [3.05, 3.63) is 70.3 Å². The van der Waals surface area contributed by atoms with E-state index in [1.165, 1.54) is 16.0 Å². The fourth-order valence-corrected chi connectivity index (χ4v) is 4.86. The maximum atomic E-state index is 13.1. The number of hydrogen-bond acceptors (Lipinski definition) is 2. The van der Waals surface area contributed by atoms with Crippen molar-refractivity contribution in [1.82, 2.24) is 9.80 Å². The Bertz CT molecular complexity index is 1070. The topological polar surface area (TPSA) is 72.9 Å². The Morgan fingerprint density at radius 3 is 2.33 bits per heavy atom. The van der Waals surface area contributed by atoms with Crippen molar-refractivity contribution < 1.29 is 14.7 Å². The molecule has 2 aromatic rings. The molecule has 7 heteroatoms. The second kappa shape index (κ2) is 9.48. The number of benzene rings is 2. The van der Waals surface area contributed by atoms with Crippen molar-refractivity contribution in [3.8, 4) is 0 Å². The van der Waals surface area contributed by atoms with Crippen LogP contribution in [0.2, 0.25) is 5.02 Å². The summed E-state index contributed by atoms with van der Waals surface area (Å²) >= 11 is 6.48. The third-order valence-electron chi connectivity index (χ3n) is 6.97. The van der Waals surface area contributed by atoms with Gasteiger partial charge in [0.2, 0.25) is 0 Å². The maximum absolute atomic E-state index is 13.1. The van der Waals surface area contributed by atoms with Crippen LogP contribution < -0.4 is 5.32 Å². The SMILES string of the molecule is Cc1ccc(C2(C)CCN(C(=O)Nc3c(Cl)cccc3C3=CCN(C(=O)O)CC3)CC2)cc1. The van der Waals surface area contributed by atoms with Gasteiger partial charge in [0.1, 0.15) is 0 Å². The molecule has 174 valence electrons. The number of piperidine rings is 1. The predicted molar refractivity (Wildman–Crippen MR) is 132 cm³/mol. The molecule has 2 aliphatic heterocycles. The Labute approximate surface area is 199 Å². The van der Waals surface area contributed by atoms with Gasteiger partial charge in [-0.3, -0.25) is 0 Å². The van der Waals surface area contributed by atoms with Crippen LogP contribution in [0.15, 0.2) is 48.5 Å². The summed E-state index contributed by atoms with van der Waals surface area (Å²) < 4.78 is 0. The summed E-state index contributed by atoms with van der Waals surface area (Å²) in [6.07, 6.45) is 3.35. The van der Waals surface area contributed by atoms with Crippen molar-refractivity contribution in [2.75, 3.05) is 31.5 Å². The van der Waals surface area contributed by atoms with Crippen molar-refractivity contribution in [2.24, 2.45) is 0 Å². The largest absolute Gasteiger partial charge is 0.465 e. The molecule has 0 aliphatic carbocycles. The second-order valence-electron chi connectivity index (χ2n) is 9.21. The lowest BCUT2D eigenvalue weighted by molar-refractivity contribution is 0.150. The molecule has 1 fully saturated rings. The van der Waals surface area contributed by atoms with Crippen LogP contribution in [0.25, 0.3) is 5.57 Å². The molecule has 2 heterocycles. The number of likely N-dealkylation sites (tertiary alicyclic amines) is 1. The van der Waals surface area contributed by atoms with E-state index in [-0.39, 0.29) is 11.4 Å². The van der Waals surface area contributed by atoms with Crippen LogP contribution in [-0.4, -0.2) is 53.2 Å². The average molecular weight is 468 g/mol. The zero-order valence-electron chi connectivity index (χ0n) is 19.1. The van der Waals surface area contributed by atoms with Crippen LogP contribution >= 0.6 is 11.6 Å². The molecule has 0 aromatic heterocycles. The van der Waals surface area contributed by atoms with E-state index in [1.807, 2.05) is 23.1 Å². The van der Waals surface area contributed by atoms with Crippen molar-refractivity contribution in [1.29, 1.82) is 0 Å². The van der Waals surface area contributed by atoms with Crippen LogP contribution in [0.3, 0.4) is 0 Å². The molecule has 6 nitrogen and oxygen atoms in total. The third kappa shape index (κ3) is 5.01. The smallest absolute Gasteiger partial charge is 0.407 e. The number of anilines is 1. The van der Waals surface area contributed by atoms with E-state index in [2.05, 4.69) is 43.4 Å². The quantitative estimate of drug-likeness (QED) is 0.581. The fraction of sp³-hybridized carbons (Fsp3) is 0.385. The fourth-order valence-electron chi connectivity index (χ4n) is 4.64. The van der Waals surface area contributed by atoms with Gasteiger partial charge >= 0.3 is 12.1 Å².